The zero-order valence-electron chi connectivity index (χ0n) is 17.6. The van der Waals surface area contributed by atoms with Gasteiger partial charge in [0.05, 0.1) is 16.7 Å². The molecular weight excluding hydrogens is 426 g/mol. The van der Waals surface area contributed by atoms with Crippen molar-refractivity contribution in [1.29, 1.82) is 0 Å². The monoisotopic (exact) mass is 447 g/mol. The van der Waals surface area contributed by atoms with Gasteiger partial charge in [0, 0.05) is 16.7 Å². The fraction of sp³-hybridized carbons (Fsp3) is 0.167. The fourth-order valence-corrected chi connectivity index (χ4v) is 3.68. The van der Waals surface area contributed by atoms with Crippen LogP contribution in [0.2, 0.25) is 0 Å². The van der Waals surface area contributed by atoms with E-state index in [0.29, 0.717) is 17.6 Å². The van der Waals surface area contributed by atoms with Gasteiger partial charge in [0.15, 0.2) is 12.0 Å². The molecule has 168 valence electrons. The van der Waals surface area contributed by atoms with E-state index in [0.717, 1.165) is 6.07 Å². The summed E-state index contributed by atoms with van der Waals surface area (Å²) in [6.45, 7) is 1.64. The predicted octanol–water partition coefficient (Wildman–Crippen LogP) is 2.87. The van der Waals surface area contributed by atoms with Gasteiger partial charge >= 0.3 is 11.9 Å². The van der Waals surface area contributed by atoms with Gasteiger partial charge in [-0.2, -0.15) is 0 Å². The van der Waals surface area contributed by atoms with Crippen LogP contribution >= 0.6 is 0 Å². The first-order valence-corrected chi connectivity index (χ1v) is 10.1. The lowest BCUT2D eigenvalue weighted by Crippen LogP contribution is -2.42. The third kappa shape index (κ3) is 4.39. The quantitative estimate of drug-likeness (QED) is 0.473. The lowest BCUT2D eigenvalue weighted by molar-refractivity contribution is 0.0696. The number of aliphatic imine (C=N–C) groups is 2. The molecule has 4 rings (SSSR count). The third-order valence-corrected chi connectivity index (χ3v) is 5.41. The van der Waals surface area contributed by atoms with E-state index in [-0.39, 0.29) is 34.1 Å². The molecule has 1 aliphatic carbocycles. The Bertz CT molecular complexity index is 1240. The maximum Gasteiger partial charge on any atom is 0.335 e. The molecule has 0 bridgehead atoms. The van der Waals surface area contributed by atoms with E-state index in [9.17, 15) is 30.0 Å². The van der Waals surface area contributed by atoms with E-state index in [1.54, 1.807) is 37.3 Å². The number of aromatic hydroxyl groups is 1. The van der Waals surface area contributed by atoms with Crippen LogP contribution in [0.15, 0.2) is 76.3 Å². The zero-order valence-corrected chi connectivity index (χ0v) is 17.6. The summed E-state index contributed by atoms with van der Waals surface area (Å²) >= 11 is 0. The number of carboxylic acid groups (broad SMARTS) is 2. The number of hydrogen-bond donors (Lipinski definition) is 5. The summed E-state index contributed by atoms with van der Waals surface area (Å²) in [6.07, 6.45) is 4.84. The number of nitrogens with one attached hydrogen (secondary N) is 1. The van der Waals surface area contributed by atoms with Crippen molar-refractivity contribution >= 4 is 23.6 Å². The van der Waals surface area contributed by atoms with Crippen LogP contribution in [0.3, 0.4) is 0 Å². The highest BCUT2D eigenvalue weighted by molar-refractivity contribution is 6.14. The summed E-state index contributed by atoms with van der Waals surface area (Å²) in [4.78, 5) is 32.2. The van der Waals surface area contributed by atoms with Crippen molar-refractivity contribution in [2.75, 3.05) is 0 Å². The number of para-hydroxylation sites is 1. The Kier molecular flexibility index (Phi) is 5.57. The smallest absolute Gasteiger partial charge is 0.335 e. The van der Waals surface area contributed by atoms with Crippen molar-refractivity contribution < 1.29 is 30.0 Å². The summed E-state index contributed by atoms with van der Waals surface area (Å²) < 4.78 is 0. The lowest BCUT2D eigenvalue weighted by Gasteiger charge is -2.32. The molecule has 0 radical (unpaired) electrons. The van der Waals surface area contributed by atoms with Gasteiger partial charge in [-0.15, -0.1) is 0 Å². The van der Waals surface area contributed by atoms with Crippen LogP contribution in [0.1, 0.15) is 51.4 Å². The Morgan fingerprint density at radius 2 is 1.76 bits per heavy atom. The second-order valence-corrected chi connectivity index (χ2v) is 7.91. The standard InChI is InChI=1S/C24H21N3O6/c1-24(33)9-5-4-7-17(24)21-26-19(25-20(27-21)16-6-2-3-8-18(16)28)13-10-14(22(29)30)12-15(11-13)23(31)32/h2-8,10-12,20,28,33H,9H2,1H3,(H,29,30)(H,31,32)(H,25,26,27). The number of hydrogen-bond acceptors (Lipinski definition) is 7. The average Bonchev–Trinajstić information content (AvgIpc) is 2.78. The maximum absolute atomic E-state index is 11.6. The van der Waals surface area contributed by atoms with E-state index in [4.69, 9.17) is 0 Å². The second kappa shape index (κ2) is 8.36. The Morgan fingerprint density at radius 1 is 1.09 bits per heavy atom. The van der Waals surface area contributed by atoms with E-state index in [2.05, 4.69) is 15.3 Å². The van der Waals surface area contributed by atoms with Crippen LogP contribution in [0.5, 0.6) is 5.75 Å². The molecule has 0 spiro atoms. The number of rotatable bonds is 5. The molecule has 33 heavy (non-hydrogen) atoms. The predicted molar refractivity (Wildman–Crippen MR) is 121 cm³/mol. The molecule has 2 aliphatic rings. The van der Waals surface area contributed by atoms with Crippen LogP contribution in [0.25, 0.3) is 0 Å². The molecule has 0 saturated heterocycles. The van der Waals surface area contributed by atoms with Crippen LogP contribution in [-0.4, -0.2) is 49.6 Å². The SMILES string of the molecule is CC1(O)CC=CC=C1C1=NC(c2cc(C(=O)O)cc(C(=O)O)c2)=NC(c2ccccc2O)N1. The topological polar surface area (TPSA) is 152 Å². The number of carbonyl (C=O) groups is 2. The first kappa shape index (κ1) is 22.0. The largest absolute Gasteiger partial charge is 0.508 e. The first-order valence-electron chi connectivity index (χ1n) is 10.1. The fourth-order valence-electron chi connectivity index (χ4n) is 3.68. The molecule has 2 aromatic carbocycles. The molecule has 0 aromatic heterocycles. The molecule has 2 atom stereocenters. The minimum atomic E-state index is -1.29. The molecule has 0 fully saturated rings. The van der Waals surface area contributed by atoms with Crippen LogP contribution in [-0.2, 0) is 0 Å². The van der Waals surface area contributed by atoms with Crippen LogP contribution in [0, 0.1) is 0 Å². The number of aliphatic hydroxyl groups is 1. The molecule has 9 nitrogen and oxygen atoms in total. The van der Waals surface area contributed by atoms with Crippen molar-refractivity contribution in [3.05, 3.63) is 88.5 Å². The van der Waals surface area contributed by atoms with Crippen molar-refractivity contribution in [2.45, 2.75) is 25.1 Å². The number of nitrogens with zero attached hydrogens (tertiary/aromatic N) is 2. The average molecular weight is 447 g/mol. The van der Waals surface area contributed by atoms with Crippen molar-refractivity contribution in [1.82, 2.24) is 5.32 Å². The van der Waals surface area contributed by atoms with Crippen molar-refractivity contribution in [2.24, 2.45) is 9.98 Å². The molecule has 5 N–H and O–H groups in total. The first-order chi connectivity index (χ1) is 15.7. The molecule has 2 aromatic rings. The Balaban J connectivity index is 1.90. The second-order valence-electron chi connectivity index (χ2n) is 7.91. The van der Waals surface area contributed by atoms with Gasteiger partial charge in [-0.25, -0.2) is 19.6 Å². The van der Waals surface area contributed by atoms with Crippen LogP contribution < -0.4 is 5.32 Å². The van der Waals surface area contributed by atoms with E-state index in [1.165, 1.54) is 18.2 Å². The molecule has 0 saturated carbocycles. The molecule has 1 heterocycles. The summed E-state index contributed by atoms with van der Waals surface area (Å²) in [5.74, 6) is -2.26. The molecule has 2 unspecified atom stereocenters. The van der Waals surface area contributed by atoms with Gasteiger partial charge in [-0.1, -0.05) is 36.4 Å². The normalized spacial score (nSPS) is 22.0. The van der Waals surface area contributed by atoms with Crippen LogP contribution in [0.4, 0.5) is 0 Å². The number of amidine groups is 2. The van der Waals surface area contributed by atoms with Gasteiger partial charge in [0.2, 0.25) is 0 Å². The third-order valence-electron chi connectivity index (χ3n) is 5.41. The zero-order chi connectivity index (χ0) is 23.8. The summed E-state index contributed by atoms with van der Waals surface area (Å²) in [5, 5.41) is 43.3. The summed E-state index contributed by atoms with van der Waals surface area (Å²) in [5.41, 5.74) is -0.602. The molecular formula is C24H21N3O6. The number of carboxylic acids is 2. The number of phenolic OH excluding ortho intramolecular Hbond substituents is 1. The molecule has 1 aliphatic heterocycles. The minimum absolute atomic E-state index is 0.0193. The van der Waals surface area contributed by atoms with Gasteiger partial charge in [0.25, 0.3) is 0 Å². The molecule has 0 amide bonds. The minimum Gasteiger partial charge on any atom is -0.508 e. The Hall–Kier alpha value is -4.24. The van der Waals surface area contributed by atoms with Gasteiger partial charge < -0.3 is 25.7 Å². The number of allylic oxidation sites excluding steroid dienone is 2. The van der Waals surface area contributed by atoms with E-state index < -0.39 is 23.7 Å². The van der Waals surface area contributed by atoms with E-state index in [1.807, 2.05) is 6.08 Å². The Labute approximate surface area is 188 Å². The number of benzene rings is 2. The highest BCUT2D eigenvalue weighted by Crippen LogP contribution is 2.32. The van der Waals surface area contributed by atoms with E-state index >= 15 is 0 Å². The summed E-state index contributed by atoms with van der Waals surface area (Å²) in [7, 11) is 0. The highest BCUT2D eigenvalue weighted by Gasteiger charge is 2.33. The maximum atomic E-state index is 11.6. The number of phenols is 1. The summed E-state index contributed by atoms with van der Waals surface area (Å²) in [6, 6.07) is 10.2. The highest BCUT2D eigenvalue weighted by atomic mass is 16.4. The van der Waals surface area contributed by atoms with Gasteiger partial charge in [0.1, 0.15) is 11.6 Å². The van der Waals surface area contributed by atoms with Crippen molar-refractivity contribution in [3.8, 4) is 5.75 Å². The Morgan fingerprint density at radius 3 is 2.36 bits per heavy atom. The van der Waals surface area contributed by atoms with Gasteiger partial charge in [-0.3, -0.25) is 0 Å². The lowest BCUT2D eigenvalue weighted by atomic mass is 9.87. The van der Waals surface area contributed by atoms with Crippen molar-refractivity contribution in [3.63, 3.8) is 0 Å². The number of aromatic carboxylic acids is 2. The molecule has 9 heteroatoms. The van der Waals surface area contributed by atoms with Gasteiger partial charge in [-0.05, 0) is 37.6 Å².